The Labute approximate surface area is 136 Å². The number of likely N-dealkylation sites (N-methyl/N-ethyl adjacent to an activating group) is 1. The minimum absolute atomic E-state index is 0.0391. The average Bonchev–Trinajstić information content (AvgIpc) is 2.92. The molecule has 22 heavy (non-hydrogen) atoms. The maximum Gasteiger partial charge on any atom is 0.240 e. The Balaban J connectivity index is 2.16. The number of hydrogen-bond acceptors (Lipinski definition) is 5. The fraction of sp³-hybridized carbons (Fsp3) is 0.867. The monoisotopic (exact) mass is 329 g/mol. The van der Waals surface area contributed by atoms with Crippen molar-refractivity contribution < 1.29 is 14.3 Å². The number of carbonyl (C=O) groups is 2. The fourth-order valence-electron chi connectivity index (χ4n) is 3.53. The van der Waals surface area contributed by atoms with E-state index in [2.05, 4.69) is 0 Å². The van der Waals surface area contributed by atoms with Gasteiger partial charge in [0.05, 0.1) is 6.04 Å². The Hall–Kier alpha value is -0.790. The smallest absolute Gasteiger partial charge is 0.240 e. The molecule has 2 amide bonds. The Bertz CT molecular complexity index is 413. The van der Waals surface area contributed by atoms with Gasteiger partial charge in [-0.25, -0.2) is 0 Å². The predicted molar refractivity (Wildman–Crippen MR) is 87.6 cm³/mol. The molecule has 0 saturated carbocycles. The average molecular weight is 329 g/mol. The van der Waals surface area contributed by atoms with Gasteiger partial charge in [-0.1, -0.05) is 0 Å². The van der Waals surface area contributed by atoms with Gasteiger partial charge in [0.15, 0.2) is 0 Å². The number of hydrogen-bond donors (Lipinski definition) is 1. The highest BCUT2D eigenvalue weighted by Crippen LogP contribution is 2.30. The summed E-state index contributed by atoms with van der Waals surface area (Å²) in [5.41, 5.74) is 5.52. The minimum atomic E-state index is -0.466. The van der Waals surface area contributed by atoms with E-state index < -0.39 is 11.9 Å². The summed E-state index contributed by atoms with van der Waals surface area (Å²) in [6.07, 6.45) is 4.44. The van der Waals surface area contributed by atoms with E-state index in [1.165, 1.54) is 0 Å². The first-order chi connectivity index (χ1) is 10.5. The fourth-order valence-corrected chi connectivity index (χ4v) is 4.21. The van der Waals surface area contributed by atoms with Crippen LogP contribution in [-0.4, -0.2) is 79.1 Å². The van der Waals surface area contributed by atoms with Gasteiger partial charge in [0.2, 0.25) is 11.8 Å². The van der Waals surface area contributed by atoms with Crippen LogP contribution >= 0.6 is 11.8 Å². The Morgan fingerprint density at radius 3 is 2.45 bits per heavy atom. The van der Waals surface area contributed by atoms with Crippen LogP contribution in [0.15, 0.2) is 0 Å². The first-order valence-electron chi connectivity index (χ1n) is 7.82. The third-order valence-electron chi connectivity index (χ3n) is 4.73. The summed E-state index contributed by atoms with van der Waals surface area (Å²) >= 11 is 1.70. The molecule has 2 rings (SSSR count). The molecule has 2 aliphatic rings. The second kappa shape index (κ2) is 7.66. The lowest BCUT2D eigenvalue weighted by Crippen LogP contribution is -2.54. The molecule has 2 heterocycles. The molecule has 0 aromatic rings. The zero-order chi connectivity index (χ0) is 16.3. The molecule has 126 valence electrons. The summed E-state index contributed by atoms with van der Waals surface area (Å²) in [5.74, 6) is -0.0789. The topological polar surface area (TPSA) is 75.9 Å². The van der Waals surface area contributed by atoms with Crippen LogP contribution in [0.3, 0.4) is 0 Å². The van der Waals surface area contributed by atoms with Crippen LogP contribution < -0.4 is 5.73 Å². The maximum absolute atomic E-state index is 13.1. The number of rotatable bonds is 5. The predicted octanol–water partition coefficient (Wildman–Crippen LogP) is 0.161. The maximum atomic E-state index is 13.1. The van der Waals surface area contributed by atoms with Crippen LogP contribution in [0.4, 0.5) is 0 Å². The molecule has 2 N–H and O–H groups in total. The number of amides is 2. The molecule has 2 saturated heterocycles. The lowest BCUT2D eigenvalue weighted by atomic mass is 9.90. The van der Waals surface area contributed by atoms with Crippen LogP contribution in [0, 0.1) is 5.92 Å². The van der Waals surface area contributed by atoms with Crippen LogP contribution in [0.1, 0.15) is 19.3 Å². The van der Waals surface area contributed by atoms with Gasteiger partial charge in [-0.15, -0.1) is 0 Å². The Kier molecular flexibility index (Phi) is 6.11. The van der Waals surface area contributed by atoms with E-state index in [9.17, 15) is 9.59 Å². The highest BCUT2D eigenvalue weighted by Gasteiger charge is 2.43. The zero-order valence-electron chi connectivity index (χ0n) is 13.7. The molecule has 0 bridgehead atoms. The zero-order valence-corrected chi connectivity index (χ0v) is 14.5. The van der Waals surface area contributed by atoms with Gasteiger partial charge in [-0.05, 0) is 45.5 Å². The number of ether oxygens (including phenoxy) is 1. The van der Waals surface area contributed by atoms with Crippen molar-refractivity contribution in [1.29, 1.82) is 0 Å². The standard InChI is InChI=1S/C15H27N3O3S/c1-17(2)13(10-4-6-21-7-5-10)15(20)18-9-11(22-3)8-12(18)14(16)19/h10-13H,4-9H2,1-3H3,(H2,16,19)/t11?,12?,13-/m0/s1. The van der Waals surface area contributed by atoms with Gasteiger partial charge >= 0.3 is 0 Å². The Morgan fingerprint density at radius 1 is 1.32 bits per heavy atom. The first kappa shape index (κ1) is 17.6. The van der Waals surface area contributed by atoms with Crippen molar-refractivity contribution in [3.63, 3.8) is 0 Å². The molecule has 7 heteroatoms. The highest BCUT2D eigenvalue weighted by atomic mass is 32.2. The van der Waals surface area contributed by atoms with E-state index in [-0.39, 0.29) is 17.9 Å². The lowest BCUT2D eigenvalue weighted by Gasteiger charge is -2.37. The number of thioether (sulfide) groups is 1. The molecule has 2 unspecified atom stereocenters. The van der Waals surface area contributed by atoms with Crippen LogP contribution in [0.5, 0.6) is 0 Å². The van der Waals surface area contributed by atoms with Crippen molar-refractivity contribution in [2.45, 2.75) is 36.6 Å². The van der Waals surface area contributed by atoms with Crippen molar-refractivity contribution in [2.24, 2.45) is 11.7 Å². The quantitative estimate of drug-likeness (QED) is 0.778. The van der Waals surface area contributed by atoms with E-state index in [1.807, 2.05) is 25.3 Å². The van der Waals surface area contributed by atoms with Crippen molar-refractivity contribution in [3.05, 3.63) is 0 Å². The molecule has 0 aromatic heterocycles. The number of nitrogens with zero attached hydrogens (tertiary/aromatic N) is 2. The second-order valence-electron chi connectivity index (χ2n) is 6.36. The van der Waals surface area contributed by atoms with Crippen LogP contribution in [0.25, 0.3) is 0 Å². The third kappa shape index (κ3) is 3.75. The summed E-state index contributed by atoms with van der Waals surface area (Å²) in [6.45, 7) is 2.02. The van der Waals surface area contributed by atoms with Gasteiger partial charge in [-0.2, -0.15) is 11.8 Å². The molecule has 0 radical (unpaired) electrons. The molecular weight excluding hydrogens is 302 g/mol. The molecule has 0 spiro atoms. The van der Waals surface area contributed by atoms with E-state index >= 15 is 0 Å². The van der Waals surface area contributed by atoms with E-state index in [0.29, 0.717) is 31.4 Å². The van der Waals surface area contributed by atoms with Crippen LogP contribution in [0.2, 0.25) is 0 Å². The minimum Gasteiger partial charge on any atom is -0.381 e. The second-order valence-corrected chi connectivity index (χ2v) is 7.50. The van der Waals surface area contributed by atoms with Crippen molar-refractivity contribution in [2.75, 3.05) is 40.1 Å². The van der Waals surface area contributed by atoms with Gasteiger partial charge < -0.3 is 15.4 Å². The molecule has 2 aliphatic heterocycles. The number of likely N-dealkylation sites (tertiary alicyclic amines) is 1. The number of nitrogens with two attached hydrogens (primary N) is 1. The van der Waals surface area contributed by atoms with Gasteiger partial charge in [0.25, 0.3) is 0 Å². The molecule has 0 aliphatic carbocycles. The molecule has 6 nitrogen and oxygen atoms in total. The number of primary amides is 1. The van der Waals surface area contributed by atoms with Gasteiger partial charge in [-0.3, -0.25) is 14.5 Å². The summed E-state index contributed by atoms with van der Waals surface area (Å²) in [7, 11) is 3.86. The van der Waals surface area contributed by atoms with Gasteiger partial charge in [0.1, 0.15) is 6.04 Å². The summed E-state index contributed by atoms with van der Waals surface area (Å²) in [6, 6.07) is -0.668. The Morgan fingerprint density at radius 2 is 1.95 bits per heavy atom. The highest BCUT2D eigenvalue weighted by molar-refractivity contribution is 7.99. The molecular formula is C15H27N3O3S. The van der Waals surface area contributed by atoms with Gasteiger partial charge in [0, 0.05) is 25.0 Å². The van der Waals surface area contributed by atoms with E-state index in [0.717, 1.165) is 12.8 Å². The molecule has 3 atom stereocenters. The first-order valence-corrected chi connectivity index (χ1v) is 9.11. The van der Waals surface area contributed by atoms with Crippen LogP contribution in [-0.2, 0) is 14.3 Å². The summed E-state index contributed by atoms with van der Waals surface area (Å²) in [4.78, 5) is 28.5. The van der Waals surface area contributed by atoms with Crippen molar-refractivity contribution in [3.8, 4) is 0 Å². The molecule has 0 aromatic carbocycles. The number of carbonyl (C=O) groups excluding carboxylic acids is 2. The lowest BCUT2D eigenvalue weighted by molar-refractivity contribution is -0.143. The van der Waals surface area contributed by atoms with Crippen molar-refractivity contribution >= 4 is 23.6 Å². The summed E-state index contributed by atoms with van der Waals surface area (Å²) < 4.78 is 5.41. The normalized spacial score (nSPS) is 28.1. The molecule has 2 fully saturated rings. The van der Waals surface area contributed by atoms with Crippen molar-refractivity contribution in [1.82, 2.24) is 9.80 Å². The van der Waals surface area contributed by atoms with E-state index in [1.54, 1.807) is 16.7 Å². The SMILES string of the molecule is CSC1CC(C(N)=O)N(C(=O)[C@H](C2CCOCC2)N(C)C)C1. The largest absolute Gasteiger partial charge is 0.381 e. The summed E-state index contributed by atoms with van der Waals surface area (Å²) in [5, 5.41) is 0.291. The third-order valence-corrected chi connectivity index (χ3v) is 5.74. The van der Waals surface area contributed by atoms with E-state index in [4.69, 9.17) is 10.5 Å².